The van der Waals surface area contributed by atoms with Crippen LogP contribution in [0.15, 0.2) is 162 Å². The van der Waals surface area contributed by atoms with Gasteiger partial charge in [0.05, 0.1) is 5.71 Å². The second kappa shape index (κ2) is 12.4. The molecular formula is C35H30N2OP+. The molecule has 0 heterocycles. The minimum Gasteiger partial charge on any atom is -0.287 e. The molecule has 0 radical (unpaired) electrons. The molecule has 0 spiro atoms. The van der Waals surface area contributed by atoms with Gasteiger partial charge in [-0.2, -0.15) is 5.10 Å². The van der Waals surface area contributed by atoms with Crippen molar-refractivity contribution in [3.05, 3.63) is 163 Å². The molecule has 5 aromatic rings. The van der Waals surface area contributed by atoms with E-state index in [1.54, 1.807) is 0 Å². The molecule has 0 aromatic heterocycles. The molecule has 5 aromatic carbocycles. The van der Waals surface area contributed by atoms with Gasteiger partial charge < -0.3 is 0 Å². The zero-order chi connectivity index (χ0) is 26.9. The van der Waals surface area contributed by atoms with Crippen molar-refractivity contribution in [2.75, 3.05) is 6.16 Å². The maximum absolute atomic E-state index is 13.5. The molecule has 39 heavy (non-hydrogen) atoms. The van der Waals surface area contributed by atoms with Gasteiger partial charge in [0, 0.05) is 11.1 Å². The van der Waals surface area contributed by atoms with Crippen molar-refractivity contribution in [2.24, 2.45) is 10.2 Å². The largest absolute Gasteiger partial charge is 0.287 e. The van der Waals surface area contributed by atoms with Gasteiger partial charge in [-0.25, -0.2) is 0 Å². The summed E-state index contributed by atoms with van der Waals surface area (Å²) in [5.74, 6) is -0.145. The van der Waals surface area contributed by atoms with Crippen molar-refractivity contribution in [2.45, 2.75) is 6.92 Å². The molecule has 0 saturated heterocycles. The fraction of sp³-hybridized carbons (Fsp3) is 0.0571. The lowest BCUT2D eigenvalue weighted by atomic mass is 10.0. The van der Waals surface area contributed by atoms with Crippen LogP contribution in [-0.4, -0.2) is 23.4 Å². The van der Waals surface area contributed by atoms with Crippen LogP contribution in [0.4, 0.5) is 0 Å². The van der Waals surface area contributed by atoms with E-state index >= 15 is 0 Å². The van der Waals surface area contributed by atoms with E-state index in [-0.39, 0.29) is 5.78 Å². The second-order valence-corrected chi connectivity index (χ2v) is 12.8. The third kappa shape index (κ3) is 5.85. The summed E-state index contributed by atoms with van der Waals surface area (Å²) in [6, 6.07) is 50.9. The van der Waals surface area contributed by atoms with E-state index in [2.05, 4.69) is 96.1 Å². The Kier molecular flexibility index (Phi) is 8.31. The van der Waals surface area contributed by atoms with Gasteiger partial charge in [0.1, 0.15) is 35.0 Å². The van der Waals surface area contributed by atoms with Gasteiger partial charge in [0.2, 0.25) is 5.78 Å². The summed E-state index contributed by atoms with van der Waals surface area (Å²) in [5.41, 5.74) is 2.55. The van der Waals surface area contributed by atoms with Crippen molar-refractivity contribution < 1.29 is 4.79 Å². The van der Waals surface area contributed by atoms with Gasteiger partial charge in [-0.1, -0.05) is 115 Å². The summed E-state index contributed by atoms with van der Waals surface area (Å²) < 4.78 is 0. The predicted octanol–water partition coefficient (Wildman–Crippen LogP) is 6.73. The number of carbonyl (C=O) groups is 1. The molecular weight excluding hydrogens is 495 g/mol. The molecule has 0 amide bonds. The van der Waals surface area contributed by atoms with Crippen LogP contribution in [-0.2, 0) is 0 Å². The Labute approximate surface area is 230 Å². The molecule has 0 bridgehead atoms. The topological polar surface area (TPSA) is 41.8 Å². The third-order valence-corrected chi connectivity index (χ3v) is 11.1. The van der Waals surface area contributed by atoms with Crippen molar-refractivity contribution >= 4 is 40.4 Å². The molecule has 0 atom stereocenters. The summed E-state index contributed by atoms with van der Waals surface area (Å²) >= 11 is 0. The molecule has 0 aliphatic heterocycles. The number of hydrogen-bond acceptors (Lipinski definition) is 3. The molecule has 0 unspecified atom stereocenters. The first-order chi connectivity index (χ1) is 19.2. The highest BCUT2D eigenvalue weighted by Gasteiger charge is 2.45. The lowest BCUT2D eigenvalue weighted by molar-refractivity contribution is 0.106. The number of Topliss-reactive ketones (excluding diaryl/α,β-unsaturated/α-hetero) is 1. The van der Waals surface area contributed by atoms with Gasteiger partial charge in [0.25, 0.3) is 0 Å². The fourth-order valence-corrected chi connectivity index (χ4v) is 9.07. The maximum Gasteiger partial charge on any atom is 0.213 e. The van der Waals surface area contributed by atoms with E-state index in [0.717, 1.165) is 11.3 Å². The maximum atomic E-state index is 13.5. The Hall–Kier alpha value is -4.46. The molecule has 0 fully saturated rings. The van der Waals surface area contributed by atoms with Crippen LogP contribution in [0.3, 0.4) is 0 Å². The zero-order valence-corrected chi connectivity index (χ0v) is 22.8. The smallest absolute Gasteiger partial charge is 0.213 e. The fourth-order valence-electron chi connectivity index (χ4n) is 4.84. The quantitative estimate of drug-likeness (QED) is 0.0911. The van der Waals surface area contributed by atoms with Crippen molar-refractivity contribution in [3.63, 3.8) is 0 Å². The minimum atomic E-state index is -2.11. The van der Waals surface area contributed by atoms with E-state index in [1.165, 1.54) is 15.9 Å². The Morgan fingerprint density at radius 3 is 1.28 bits per heavy atom. The average molecular weight is 526 g/mol. The summed E-state index contributed by atoms with van der Waals surface area (Å²) in [6.07, 6.45) is 0.705. The molecule has 0 aliphatic rings. The molecule has 190 valence electrons. The first-order valence-electron chi connectivity index (χ1n) is 13.0. The Morgan fingerprint density at radius 1 is 0.513 bits per heavy atom. The van der Waals surface area contributed by atoms with Crippen LogP contribution in [0, 0.1) is 0 Å². The van der Waals surface area contributed by atoms with Crippen molar-refractivity contribution in [1.29, 1.82) is 0 Å². The third-order valence-electron chi connectivity index (χ3n) is 6.68. The second-order valence-electron chi connectivity index (χ2n) is 9.32. The van der Waals surface area contributed by atoms with Crippen LogP contribution in [0.1, 0.15) is 22.8 Å². The average Bonchev–Trinajstić information content (AvgIpc) is 3.02. The monoisotopic (exact) mass is 525 g/mol. The minimum absolute atomic E-state index is 0.145. The molecule has 3 nitrogen and oxygen atoms in total. The van der Waals surface area contributed by atoms with E-state index in [4.69, 9.17) is 5.10 Å². The van der Waals surface area contributed by atoms with Crippen LogP contribution in [0.2, 0.25) is 0 Å². The lowest BCUT2D eigenvalue weighted by Gasteiger charge is -2.27. The van der Waals surface area contributed by atoms with E-state index in [0.29, 0.717) is 17.4 Å². The number of carbonyl (C=O) groups excluding carboxylic acids is 1. The lowest BCUT2D eigenvalue weighted by Crippen LogP contribution is -2.35. The van der Waals surface area contributed by atoms with E-state index < -0.39 is 7.26 Å². The number of hydrogen-bond donors (Lipinski definition) is 0. The van der Waals surface area contributed by atoms with Crippen LogP contribution in [0.5, 0.6) is 0 Å². The Bertz CT molecular complexity index is 1470. The van der Waals surface area contributed by atoms with Crippen LogP contribution >= 0.6 is 7.26 Å². The van der Waals surface area contributed by atoms with Gasteiger partial charge in [0.15, 0.2) is 0 Å². The highest BCUT2D eigenvalue weighted by molar-refractivity contribution is 7.96. The Morgan fingerprint density at radius 2 is 0.872 bits per heavy atom. The van der Waals surface area contributed by atoms with Gasteiger partial charge >= 0.3 is 0 Å². The van der Waals surface area contributed by atoms with E-state index in [9.17, 15) is 4.79 Å². The predicted molar refractivity (Wildman–Crippen MR) is 167 cm³/mol. The molecule has 5 rings (SSSR count). The van der Waals surface area contributed by atoms with Gasteiger partial charge in [-0.3, -0.25) is 4.79 Å². The molecule has 0 N–H and O–H groups in total. The number of nitrogens with zero attached hydrogens (tertiary/aromatic N) is 2. The summed E-state index contributed by atoms with van der Waals surface area (Å²) in [6.45, 7) is 2.02. The first-order valence-corrected chi connectivity index (χ1v) is 15.0. The normalized spacial score (nSPS) is 12.2. The van der Waals surface area contributed by atoms with Crippen LogP contribution < -0.4 is 15.9 Å². The number of ketones is 1. The van der Waals surface area contributed by atoms with Crippen molar-refractivity contribution in [3.8, 4) is 0 Å². The highest BCUT2D eigenvalue weighted by Crippen LogP contribution is 2.55. The first kappa shape index (κ1) is 26.2. The standard InChI is InChI=1S/C35H30N2OP/c1-28(36-37-34(29-17-7-2-8-18-29)35(38)30-19-9-3-10-20-30)27-39(31-21-11-4-12-22-31,32-23-13-5-14-24-32)33-25-15-6-16-26-33/h2-26H,27H2,1H3/q+1/b36-28+,37-34+. The summed E-state index contributed by atoms with van der Waals surface area (Å²) in [4.78, 5) is 13.5. The molecule has 0 saturated carbocycles. The van der Waals surface area contributed by atoms with Gasteiger partial charge in [-0.05, 0) is 43.3 Å². The Balaban J connectivity index is 1.63. The summed E-state index contributed by atoms with van der Waals surface area (Å²) in [5, 5.41) is 13.2. The number of rotatable bonds is 9. The highest BCUT2D eigenvalue weighted by atomic mass is 31.2. The van der Waals surface area contributed by atoms with Crippen LogP contribution in [0.25, 0.3) is 0 Å². The summed E-state index contributed by atoms with van der Waals surface area (Å²) in [7, 11) is -2.11. The molecule has 4 heteroatoms. The van der Waals surface area contributed by atoms with Gasteiger partial charge in [-0.15, -0.1) is 5.10 Å². The van der Waals surface area contributed by atoms with E-state index in [1.807, 2.05) is 67.6 Å². The van der Waals surface area contributed by atoms with Crippen molar-refractivity contribution in [1.82, 2.24) is 0 Å². The zero-order valence-electron chi connectivity index (χ0n) is 21.9. The SMILES string of the molecule is C/C(C[P+](c1ccccc1)(c1ccccc1)c1ccccc1)=N\N=C(\C(=O)c1ccccc1)c1ccccc1. The number of benzene rings is 5. The molecule has 0 aliphatic carbocycles.